The second kappa shape index (κ2) is 3.60. The Morgan fingerprint density at radius 2 is 2.29 bits per heavy atom. The van der Waals surface area contributed by atoms with Crippen molar-refractivity contribution in [2.24, 2.45) is 5.73 Å². The number of aryl methyl sites for hydroxylation is 2. The van der Waals surface area contributed by atoms with Gasteiger partial charge in [-0.2, -0.15) is 0 Å². The summed E-state index contributed by atoms with van der Waals surface area (Å²) >= 11 is 0. The van der Waals surface area contributed by atoms with Crippen LogP contribution in [0.15, 0.2) is 24.4 Å². The number of nitrogens with two attached hydrogens (primary N) is 1. The molecule has 1 atom stereocenters. The molecule has 1 aliphatic heterocycles. The summed E-state index contributed by atoms with van der Waals surface area (Å²) in [6.07, 6.45) is 4.16. The molecule has 1 aliphatic rings. The number of benzene rings is 1. The average molecular weight is 230 g/mol. The summed E-state index contributed by atoms with van der Waals surface area (Å²) in [7, 11) is 0. The van der Waals surface area contributed by atoms with Gasteiger partial charge in [0.25, 0.3) is 0 Å². The van der Waals surface area contributed by atoms with Crippen molar-refractivity contribution in [3.63, 3.8) is 0 Å². The van der Waals surface area contributed by atoms with Gasteiger partial charge in [-0.25, -0.2) is 0 Å². The molecule has 3 rings (SSSR count). The summed E-state index contributed by atoms with van der Waals surface area (Å²) in [6.45, 7) is 1.04. The number of carboxylic acids is 1. The molecule has 0 radical (unpaired) electrons. The number of nitrogens with zero attached hydrogens (tertiary/aromatic N) is 1. The highest BCUT2D eigenvalue weighted by atomic mass is 16.4. The summed E-state index contributed by atoms with van der Waals surface area (Å²) in [6, 6.07) is 4.93. The standard InChI is InChI=1S/C13H14N2O2/c14-11(13(16)17)10-6-8-2-1-4-15-5-3-9(7-10)12(8)15/h3,5-7,11H,1-2,4,14H2,(H,16,17). The highest BCUT2D eigenvalue weighted by Gasteiger charge is 2.19. The number of aromatic nitrogens is 1. The van der Waals surface area contributed by atoms with E-state index in [1.54, 1.807) is 0 Å². The van der Waals surface area contributed by atoms with E-state index in [2.05, 4.69) is 10.8 Å². The van der Waals surface area contributed by atoms with E-state index in [9.17, 15) is 4.79 Å². The van der Waals surface area contributed by atoms with Crippen LogP contribution in [0.25, 0.3) is 10.9 Å². The Kier molecular flexibility index (Phi) is 2.19. The predicted octanol–water partition coefficient (Wildman–Crippen LogP) is 1.67. The van der Waals surface area contributed by atoms with Crippen LogP contribution in [-0.4, -0.2) is 15.6 Å². The molecule has 0 aliphatic carbocycles. The van der Waals surface area contributed by atoms with E-state index in [4.69, 9.17) is 10.8 Å². The fourth-order valence-corrected chi connectivity index (χ4v) is 2.61. The van der Waals surface area contributed by atoms with Crippen LogP contribution >= 0.6 is 0 Å². The van der Waals surface area contributed by atoms with Crippen LogP contribution in [0.2, 0.25) is 0 Å². The van der Waals surface area contributed by atoms with E-state index in [-0.39, 0.29) is 0 Å². The molecule has 2 aromatic rings. The second-order valence-corrected chi connectivity index (χ2v) is 4.55. The van der Waals surface area contributed by atoms with Crippen LogP contribution in [-0.2, 0) is 17.8 Å². The lowest BCUT2D eigenvalue weighted by Gasteiger charge is -2.17. The fraction of sp³-hybridized carbons (Fsp3) is 0.308. The largest absolute Gasteiger partial charge is 0.480 e. The van der Waals surface area contributed by atoms with Crippen LogP contribution in [0.3, 0.4) is 0 Å². The number of rotatable bonds is 2. The van der Waals surface area contributed by atoms with Gasteiger partial charge in [-0.15, -0.1) is 0 Å². The number of hydrogen-bond acceptors (Lipinski definition) is 2. The summed E-state index contributed by atoms with van der Waals surface area (Å²) in [5.41, 5.74) is 8.81. The normalized spacial score (nSPS) is 16.1. The quantitative estimate of drug-likeness (QED) is 0.824. The van der Waals surface area contributed by atoms with Crippen molar-refractivity contribution in [1.29, 1.82) is 0 Å². The molecule has 1 unspecified atom stereocenters. The molecule has 2 heterocycles. The minimum absolute atomic E-state index is 0.694. The summed E-state index contributed by atoms with van der Waals surface area (Å²) in [5.74, 6) is -0.980. The van der Waals surface area contributed by atoms with Crippen molar-refractivity contribution in [3.8, 4) is 0 Å². The van der Waals surface area contributed by atoms with Gasteiger partial charge in [0, 0.05) is 18.1 Å². The lowest BCUT2D eigenvalue weighted by Crippen LogP contribution is -2.21. The summed E-state index contributed by atoms with van der Waals surface area (Å²) < 4.78 is 2.23. The monoisotopic (exact) mass is 230 g/mol. The molecule has 1 aromatic heterocycles. The van der Waals surface area contributed by atoms with Crippen LogP contribution in [0, 0.1) is 0 Å². The third-order valence-electron chi connectivity index (χ3n) is 3.43. The number of hydrogen-bond donors (Lipinski definition) is 2. The zero-order valence-corrected chi connectivity index (χ0v) is 9.39. The maximum Gasteiger partial charge on any atom is 0.325 e. The first-order chi connectivity index (χ1) is 8.16. The van der Waals surface area contributed by atoms with E-state index in [0.29, 0.717) is 5.56 Å². The second-order valence-electron chi connectivity index (χ2n) is 4.55. The molecule has 0 fully saturated rings. The van der Waals surface area contributed by atoms with E-state index < -0.39 is 12.0 Å². The van der Waals surface area contributed by atoms with Crippen molar-refractivity contribution < 1.29 is 9.90 Å². The molecule has 0 saturated heterocycles. The predicted molar refractivity (Wildman–Crippen MR) is 64.8 cm³/mol. The highest BCUT2D eigenvalue weighted by Crippen LogP contribution is 2.29. The Labute approximate surface area is 98.6 Å². The lowest BCUT2D eigenvalue weighted by atomic mass is 9.97. The minimum atomic E-state index is -0.980. The molecule has 1 aromatic carbocycles. The van der Waals surface area contributed by atoms with Crippen LogP contribution in [0.1, 0.15) is 23.6 Å². The lowest BCUT2D eigenvalue weighted by molar-refractivity contribution is -0.138. The van der Waals surface area contributed by atoms with Crippen LogP contribution in [0.4, 0.5) is 0 Å². The van der Waals surface area contributed by atoms with Crippen molar-refractivity contribution in [2.45, 2.75) is 25.4 Å². The van der Waals surface area contributed by atoms with E-state index >= 15 is 0 Å². The van der Waals surface area contributed by atoms with Gasteiger partial charge in [0.15, 0.2) is 0 Å². The van der Waals surface area contributed by atoms with Crippen molar-refractivity contribution in [2.75, 3.05) is 0 Å². The summed E-state index contributed by atoms with van der Waals surface area (Å²) in [4.78, 5) is 10.9. The van der Waals surface area contributed by atoms with Gasteiger partial charge in [0.2, 0.25) is 0 Å². The fourth-order valence-electron chi connectivity index (χ4n) is 2.61. The van der Waals surface area contributed by atoms with Gasteiger partial charge in [-0.1, -0.05) is 6.07 Å². The molecule has 4 heteroatoms. The molecule has 0 saturated carbocycles. The molecule has 88 valence electrons. The van der Waals surface area contributed by atoms with Gasteiger partial charge in [-0.05, 0) is 36.1 Å². The first kappa shape index (κ1) is 10.4. The number of carbonyl (C=O) groups is 1. The van der Waals surface area contributed by atoms with Crippen molar-refractivity contribution >= 4 is 16.9 Å². The minimum Gasteiger partial charge on any atom is -0.480 e. The Balaban J connectivity index is 2.21. The van der Waals surface area contributed by atoms with Gasteiger partial charge >= 0.3 is 5.97 Å². The first-order valence-electron chi connectivity index (χ1n) is 5.77. The topological polar surface area (TPSA) is 68.2 Å². The Morgan fingerprint density at radius 3 is 3.06 bits per heavy atom. The third kappa shape index (κ3) is 1.52. The van der Waals surface area contributed by atoms with E-state index in [1.807, 2.05) is 18.2 Å². The van der Waals surface area contributed by atoms with Crippen LogP contribution < -0.4 is 5.73 Å². The van der Waals surface area contributed by atoms with Gasteiger partial charge in [0.05, 0.1) is 5.52 Å². The van der Waals surface area contributed by atoms with Gasteiger partial charge in [0.1, 0.15) is 6.04 Å². The van der Waals surface area contributed by atoms with Crippen molar-refractivity contribution in [3.05, 3.63) is 35.5 Å². The Morgan fingerprint density at radius 1 is 1.47 bits per heavy atom. The molecule has 4 nitrogen and oxygen atoms in total. The van der Waals surface area contributed by atoms with Crippen LogP contribution in [0.5, 0.6) is 0 Å². The average Bonchev–Trinajstić information content (AvgIpc) is 2.73. The first-order valence-corrected chi connectivity index (χ1v) is 5.77. The molecular formula is C13H14N2O2. The maximum absolute atomic E-state index is 10.9. The molecular weight excluding hydrogens is 216 g/mol. The summed E-state index contributed by atoms with van der Waals surface area (Å²) in [5, 5.41) is 10.1. The van der Waals surface area contributed by atoms with E-state index in [1.165, 1.54) is 11.1 Å². The number of carboxylic acid groups (broad SMARTS) is 1. The highest BCUT2D eigenvalue weighted by molar-refractivity contribution is 5.86. The van der Waals surface area contributed by atoms with Gasteiger partial charge in [-0.3, -0.25) is 4.79 Å². The number of aliphatic carboxylic acids is 1. The molecule has 0 amide bonds. The van der Waals surface area contributed by atoms with Gasteiger partial charge < -0.3 is 15.4 Å². The molecule has 0 spiro atoms. The Hall–Kier alpha value is -1.81. The Bertz CT molecular complexity index is 601. The molecule has 0 bridgehead atoms. The zero-order chi connectivity index (χ0) is 12.0. The van der Waals surface area contributed by atoms with Crippen molar-refractivity contribution in [1.82, 2.24) is 4.57 Å². The zero-order valence-electron chi connectivity index (χ0n) is 9.39. The van der Waals surface area contributed by atoms with E-state index in [0.717, 1.165) is 24.8 Å². The maximum atomic E-state index is 10.9. The third-order valence-corrected chi connectivity index (χ3v) is 3.43. The SMILES string of the molecule is NC(C(=O)O)c1cc2c3c(ccn3CCC2)c1. The smallest absolute Gasteiger partial charge is 0.325 e. The molecule has 3 N–H and O–H groups in total. The molecule has 17 heavy (non-hydrogen) atoms.